The van der Waals surface area contributed by atoms with Crippen LogP contribution in [0.5, 0.6) is 5.75 Å². The van der Waals surface area contributed by atoms with Gasteiger partial charge in [-0.3, -0.25) is 19.7 Å². The van der Waals surface area contributed by atoms with Crippen molar-refractivity contribution in [1.29, 1.82) is 0 Å². The number of methoxy groups -OCH3 is 2. The van der Waals surface area contributed by atoms with Gasteiger partial charge in [-0.05, 0) is 6.07 Å². The molecule has 0 N–H and O–H groups in total. The Morgan fingerprint density at radius 1 is 1.27 bits per heavy atom. The summed E-state index contributed by atoms with van der Waals surface area (Å²) in [6.45, 7) is -0.237. The standard InChI is InChI=1S/C14H15NO7/c1-20-13(16)12(14(17)21-2)11-8-5-3-4-6-10(8)22-7-9(11)15(18)19/h3-6,9,11-12H,7H2,1-2H3/t9-,11-/m1/s1. The van der Waals surface area contributed by atoms with Crippen LogP contribution in [0, 0.1) is 16.0 Å². The first-order chi connectivity index (χ1) is 10.5. The minimum atomic E-state index is -1.42. The van der Waals surface area contributed by atoms with Crippen molar-refractivity contribution in [3.63, 3.8) is 0 Å². The summed E-state index contributed by atoms with van der Waals surface area (Å²) in [6.07, 6.45) is 0. The Bertz CT molecular complexity index is 585. The van der Waals surface area contributed by atoms with Crippen molar-refractivity contribution >= 4 is 11.9 Å². The zero-order valence-electron chi connectivity index (χ0n) is 12.1. The molecule has 0 amide bonds. The van der Waals surface area contributed by atoms with Gasteiger partial charge in [0.05, 0.1) is 20.1 Å². The highest BCUT2D eigenvalue weighted by atomic mass is 16.6. The second kappa shape index (κ2) is 6.42. The minimum Gasteiger partial charge on any atom is -0.486 e. The van der Waals surface area contributed by atoms with Gasteiger partial charge in [-0.1, -0.05) is 18.2 Å². The fourth-order valence-corrected chi connectivity index (χ4v) is 2.61. The van der Waals surface area contributed by atoms with Crippen LogP contribution >= 0.6 is 0 Å². The normalized spacial score (nSPS) is 19.8. The summed E-state index contributed by atoms with van der Waals surface area (Å²) in [6, 6.07) is 5.33. The highest BCUT2D eigenvalue weighted by molar-refractivity contribution is 5.96. The lowest BCUT2D eigenvalue weighted by Crippen LogP contribution is -2.45. The number of esters is 2. The Kier molecular flexibility index (Phi) is 4.59. The molecule has 1 heterocycles. The molecule has 0 spiro atoms. The average Bonchev–Trinajstić information content (AvgIpc) is 2.54. The Labute approximate surface area is 126 Å². The first-order valence-corrected chi connectivity index (χ1v) is 6.52. The molecule has 118 valence electrons. The largest absolute Gasteiger partial charge is 0.486 e. The first kappa shape index (κ1) is 15.7. The molecule has 0 bridgehead atoms. The lowest BCUT2D eigenvalue weighted by Gasteiger charge is -2.31. The summed E-state index contributed by atoms with van der Waals surface area (Å²) in [4.78, 5) is 34.8. The van der Waals surface area contributed by atoms with Crippen molar-refractivity contribution < 1.29 is 28.7 Å². The van der Waals surface area contributed by atoms with Crippen LogP contribution in [-0.4, -0.2) is 43.7 Å². The molecular weight excluding hydrogens is 294 g/mol. The molecule has 0 aromatic heterocycles. The number of hydrogen-bond acceptors (Lipinski definition) is 7. The van der Waals surface area contributed by atoms with Gasteiger partial charge in [0.25, 0.3) is 6.04 Å². The quantitative estimate of drug-likeness (QED) is 0.350. The smallest absolute Gasteiger partial charge is 0.320 e. The Balaban J connectivity index is 2.56. The van der Waals surface area contributed by atoms with E-state index in [-0.39, 0.29) is 6.61 Å². The van der Waals surface area contributed by atoms with Crippen molar-refractivity contribution in [2.75, 3.05) is 20.8 Å². The van der Waals surface area contributed by atoms with Gasteiger partial charge in [-0.2, -0.15) is 0 Å². The Morgan fingerprint density at radius 2 is 1.86 bits per heavy atom. The maximum Gasteiger partial charge on any atom is 0.320 e. The maximum absolute atomic E-state index is 12.0. The predicted octanol–water partition coefficient (Wildman–Crippen LogP) is 0.770. The number of carbonyl (C=O) groups is 2. The molecule has 8 nitrogen and oxygen atoms in total. The number of benzene rings is 1. The van der Waals surface area contributed by atoms with Crippen LogP contribution in [0.1, 0.15) is 11.5 Å². The number of fused-ring (bicyclic) bond motifs is 1. The molecule has 0 saturated heterocycles. The lowest BCUT2D eigenvalue weighted by molar-refractivity contribution is -0.531. The van der Waals surface area contributed by atoms with E-state index in [1.807, 2.05) is 0 Å². The van der Waals surface area contributed by atoms with Crippen molar-refractivity contribution in [2.45, 2.75) is 12.0 Å². The third-order valence-electron chi connectivity index (χ3n) is 3.64. The molecule has 0 saturated carbocycles. The highest BCUT2D eigenvalue weighted by Crippen LogP contribution is 2.40. The molecule has 0 unspecified atom stereocenters. The first-order valence-electron chi connectivity index (χ1n) is 6.52. The second-order valence-corrected chi connectivity index (χ2v) is 4.75. The summed E-state index contributed by atoms with van der Waals surface area (Å²) in [5.41, 5.74) is 0.413. The molecule has 1 aliphatic rings. The SMILES string of the molecule is COC(=O)C(C(=O)OC)[C@@H]1c2ccccc2OC[C@H]1[N+](=O)[O-]. The van der Waals surface area contributed by atoms with E-state index in [4.69, 9.17) is 4.74 Å². The Morgan fingerprint density at radius 3 is 2.41 bits per heavy atom. The molecule has 1 aliphatic heterocycles. The number of ether oxygens (including phenoxy) is 3. The molecule has 2 atom stereocenters. The van der Waals surface area contributed by atoms with Gasteiger partial charge in [0, 0.05) is 10.5 Å². The van der Waals surface area contributed by atoms with Crippen molar-refractivity contribution in [1.82, 2.24) is 0 Å². The number of para-hydroxylation sites is 1. The number of rotatable bonds is 4. The Hall–Kier alpha value is -2.64. The van der Waals surface area contributed by atoms with E-state index < -0.39 is 34.7 Å². The van der Waals surface area contributed by atoms with Gasteiger partial charge >= 0.3 is 11.9 Å². The number of nitrogens with zero attached hydrogens (tertiary/aromatic N) is 1. The van der Waals surface area contributed by atoms with Crippen LogP contribution in [0.2, 0.25) is 0 Å². The average molecular weight is 309 g/mol. The van der Waals surface area contributed by atoms with Crippen LogP contribution in [0.4, 0.5) is 0 Å². The fourth-order valence-electron chi connectivity index (χ4n) is 2.61. The van der Waals surface area contributed by atoms with Crippen LogP contribution in [0.3, 0.4) is 0 Å². The lowest BCUT2D eigenvalue weighted by atomic mass is 9.79. The molecule has 0 radical (unpaired) electrons. The highest BCUT2D eigenvalue weighted by Gasteiger charge is 2.50. The minimum absolute atomic E-state index is 0.237. The third kappa shape index (κ3) is 2.72. The summed E-state index contributed by atoms with van der Waals surface area (Å²) in [7, 11) is 2.23. The van der Waals surface area contributed by atoms with Crippen molar-refractivity contribution in [3.05, 3.63) is 39.9 Å². The summed E-state index contributed by atoms with van der Waals surface area (Å²) >= 11 is 0. The van der Waals surface area contributed by atoms with Gasteiger partial charge in [-0.15, -0.1) is 0 Å². The molecule has 0 fully saturated rings. The molecule has 1 aromatic carbocycles. The van der Waals surface area contributed by atoms with Crippen LogP contribution < -0.4 is 4.74 Å². The zero-order chi connectivity index (χ0) is 16.3. The molecule has 0 aliphatic carbocycles. The summed E-state index contributed by atoms with van der Waals surface area (Å²) < 4.78 is 14.6. The number of hydrogen-bond donors (Lipinski definition) is 0. The van der Waals surface area contributed by atoms with Gasteiger partial charge in [-0.25, -0.2) is 0 Å². The van der Waals surface area contributed by atoms with Crippen molar-refractivity contribution in [2.24, 2.45) is 5.92 Å². The molecule has 1 aromatic rings. The molecule has 8 heteroatoms. The van der Waals surface area contributed by atoms with Gasteiger partial charge < -0.3 is 14.2 Å². The summed E-state index contributed by atoms with van der Waals surface area (Å²) in [5.74, 6) is -3.78. The van der Waals surface area contributed by atoms with Gasteiger partial charge in [0.2, 0.25) is 0 Å². The van der Waals surface area contributed by atoms with E-state index in [1.54, 1.807) is 24.3 Å². The van der Waals surface area contributed by atoms with Gasteiger partial charge in [0.1, 0.15) is 5.75 Å². The van der Waals surface area contributed by atoms with Gasteiger partial charge in [0.15, 0.2) is 12.5 Å². The second-order valence-electron chi connectivity index (χ2n) is 4.75. The van der Waals surface area contributed by atoms with Crippen molar-refractivity contribution in [3.8, 4) is 5.75 Å². The van der Waals surface area contributed by atoms with Crippen LogP contribution in [-0.2, 0) is 19.1 Å². The third-order valence-corrected chi connectivity index (χ3v) is 3.64. The van der Waals surface area contributed by atoms with E-state index in [0.717, 1.165) is 14.2 Å². The maximum atomic E-state index is 12.0. The van der Waals surface area contributed by atoms with E-state index in [0.29, 0.717) is 11.3 Å². The van der Waals surface area contributed by atoms with Crippen LogP contribution in [0.15, 0.2) is 24.3 Å². The zero-order valence-corrected chi connectivity index (χ0v) is 12.1. The fraction of sp³-hybridized carbons (Fsp3) is 0.429. The van der Waals surface area contributed by atoms with E-state index >= 15 is 0 Å². The topological polar surface area (TPSA) is 105 Å². The monoisotopic (exact) mass is 309 g/mol. The number of carbonyl (C=O) groups excluding carboxylic acids is 2. The van der Waals surface area contributed by atoms with Crippen LogP contribution in [0.25, 0.3) is 0 Å². The van der Waals surface area contributed by atoms with E-state index in [2.05, 4.69) is 9.47 Å². The molecule has 22 heavy (non-hydrogen) atoms. The van der Waals surface area contributed by atoms with E-state index in [1.165, 1.54) is 0 Å². The molecular formula is C14H15NO7. The number of nitro groups is 1. The van der Waals surface area contributed by atoms with E-state index in [9.17, 15) is 19.7 Å². The molecule has 2 rings (SSSR count). The summed E-state index contributed by atoms with van der Waals surface area (Å²) in [5, 5.41) is 11.3. The predicted molar refractivity (Wildman–Crippen MR) is 73.0 cm³/mol.